The molecule has 0 bridgehead atoms. The van der Waals surface area contributed by atoms with Crippen LogP contribution < -0.4 is 9.80 Å². The molecule has 0 amide bonds. The van der Waals surface area contributed by atoms with Crippen molar-refractivity contribution in [3.8, 4) is 80.5 Å². The quantitative estimate of drug-likeness (QED) is 0.114. The van der Waals surface area contributed by atoms with Crippen molar-refractivity contribution in [3.63, 3.8) is 0 Å². The smallest absolute Gasteiger partial charge is 0.164 e. The molecule has 12 heteroatoms. The second kappa shape index (κ2) is 29.0. The third kappa shape index (κ3) is 11.6. The van der Waals surface area contributed by atoms with Gasteiger partial charge in [-0.25, -0.2) is 29.9 Å². The average molecular weight is 1510 g/mol. The molecule has 6 heterocycles. The van der Waals surface area contributed by atoms with Gasteiger partial charge in [-0.2, -0.15) is 10.5 Å². The number of aromatic nitrogens is 6. The molecule has 22 rings (SSSR count). The molecule has 0 aliphatic carbocycles. The maximum absolute atomic E-state index is 10.6. The highest BCUT2D eigenvalue weighted by molar-refractivity contribution is 6.09. The summed E-state index contributed by atoms with van der Waals surface area (Å²) in [4.78, 5) is 34.5. The fourth-order valence-electron chi connectivity index (χ4n) is 17.8. The Morgan fingerprint density at radius 2 is 0.483 bits per heavy atom. The molecule has 0 N–H and O–H groups in total. The first-order chi connectivity index (χ1) is 58.4. The van der Waals surface area contributed by atoms with Crippen LogP contribution in [0.3, 0.4) is 0 Å². The summed E-state index contributed by atoms with van der Waals surface area (Å²) in [6.07, 6.45) is 0. The average Bonchev–Trinajstić information content (AvgIpc) is 1.000. The Morgan fingerprint density at radius 1 is 0.229 bits per heavy atom. The summed E-state index contributed by atoms with van der Waals surface area (Å²) >= 11 is 0. The number of nitrogens with zero attached hydrogens (tertiary/aromatic N) is 10. The molecule has 552 valence electrons. The molecule has 0 unspecified atom stereocenters. The third-order valence-electron chi connectivity index (χ3n) is 22.8. The monoisotopic (exact) mass is 1510 g/mol. The van der Waals surface area contributed by atoms with Crippen molar-refractivity contribution in [2.75, 3.05) is 9.80 Å². The van der Waals surface area contributed by atoms with Gasteiger partial charge < -0.3 is 18.6 Å². The van der Waals surface area contributed by atoms with Gasteiger partial charge in [0.05, 0.1) is 56.8 Å². The fourth-order valence-corrected chi connectivity index (χ4v) is 17.8. The number of hydrogen-bond acceptors (Lipinski definition) is 12. The van der Waals surface area contributed by atoms with E-state index in [4.69, 9.17) is 38.7 Å². The van der Waals surface area contributed by atoms with Crippen LogP contribution in [-0.2, 0) is 10.8 Å². The number of fused-ring (bicyclic) bond motifs is 10. The first-order valence-corrected chi connectivity index (χ1v) is 39.2. The van der Waals surface area contributed by atoms with Crippen LogP contribution in [0.5, 0.6) is 0 Å². The molecule has 118 heavy (non-hydrogen) atoms. The zero-order valence-electron chi connectivity index (χ0n) is 63.4. The highest BCUT2D eigenvalue weighted by Crippen LogP contribution is 2.62. The molecular formula is C106H66N10O2. The van der Waals surface area contributed by atoms with Gasteiger partial charge in [-0.3, -0.25) is 0 Å². The Balaban J connectivity index is 0.000000147. The van der Waals surface area contributed by atoms with E-state index in [9.17, 15) is 10.5 Å². The first-order valence-electron chi connectivity index (χ1n) is 39.2. The summed E-state index contributed by atoms with van der Waals surface area (Å²) in [5.41, 5.74) is 21.9. The zero-order chi connectivity index (χ0) is 78.7. The lowest BCUT2D eigenvalue weighted by Crippen LogP contribution is -2.37. The first kappa shape index (κ1) is 69.6. The minimum absolute atomic E-state index is 0.477. The van der Waals surface area contributed by atoms with E-state index in [0.717, 1.165) is 145 Å². The van der Waals surface area contributed by atoms with Crippen molar-refractivity contribution >= 4 is 78.0 Å². The topological polar surface area (TPSA) is 158 Å². The number of furan rings is 2. The van der Waals surface area contributed by atoms with Crippen molar-refractivity contribution in [1.29, 1.82) is 10.5 Å². The van der Waals surface area contributed by atoms with Gasteiger partial charge in [0.15, 0.2) is 34.9 Å². The molecule has 0 radical (unpaired) electrons. The molecule has 4 aromatic heterocycles. The largest absolute Gasteiger partial charge is 0.456 e. The molecule has 2 aliphatic rings. The van der Waals surface area contributed by atoms with Gasteiger partial charge in [0.25, 0.3) is 0 Å². The maximum Gasteiger partial charge on any atom is 0.164 e. The normalized spacial score (nSPS) is 12.8. The molecule has 12 nitrogen and oxygen atoms in total. The summed E-state index contributed by atoms with van der Waals surface area (Å²) < 4.78 is 13.7. The van der Waals surface area contributed by atoms with E-state index in [-0.39, 0.29) is 0 Å². The van der Waals surface area contributed by atoms with E-state index in [1.54, 1.807) is 0 Å². The van der Waals surface area contributed by atoms with Gasteiger partial charge in [-0.05, 0) is 106 Å². The number of nitriles is 2. The number of anilines is 6. The summed E-state index contributed by atoms with van der Waals surface area (Å²) in [6, 6.07) is 142. The molecule has 0 atom stereocenters. The predicted molar refractivity (Wildman–Crippen MR) is 469 cm³/mol. The minimum Gasteiger partial charge on any atom is -0.456 e. The molecule has 0 saturated carbocycles. The number of rotatable bonds is 12. The van der Waals surface area contributed by atoms with Gasteiger partial charge in [0.1, 0.15) is 22.3 Å². The van der Waals surface area contributed by atoms with Crippen molar-refractivity contribution in [1.82, 2.24) is 29.9 Å². The van der Waals surface area contributed by atoms with Gasteiger partial charge in [0.2, 0.25) is 0 Å². The molecule has 0 saturated heterocycles. The van der Waals surface area contributed by atoms with Gasteiger partial charge in [0, 0.05) is 77.4 Å². The van der Waals surface area contributed by atoms with Crippen molar-refractivity contribution < 1.29 is 8.83 Å². The molecule has 2 aliphatic heterocycles. The van der Waals surface area contributed by atoms with Crippen LogP contribution in [0.1, 0.15) is 55.6 Å². The van der Waals surface area contributed by atoms with E-state index in [1.807, 2.05) is 170 Å². The van der Waals surface area contributed by atoms with Gasteiger partial charge in [-0.15, -0.1) is 0 Å². The van der Waals surface area contributed by atoms with Crippen LogP contribution in [0.2, 0.25) is 0 Å². The maximum atomic E-state index is 10.6. The van der Waals surface area contributed by atoms with Crippen molar-refractivity contribution in [2.24, 2.45) is 0 Å². The van der Waals surface area contributed by atoms with Crippen LogP contribution in [0.25, 0.3) is 112 Å². The van der Waals surface area contributed by atoms with Crippen LogP contribution in [0, 0.1) is 22.7 Å². The SMILES string of the molecule is N#Cc1cc(-c2nc(-c3ccccc3)nc(-c3ccccc3)n2)cc(N2c3ccccc3C(c3ccccc3)(c3cccc4c3oc3ccccc34)c3ccccc32)c1.N#Cc1cc(-c2nc(-c3ccccc3)nc(-c3ccccc3)n2)cc(N2c3ccccc3C(c3ccccc3)(c3cccc4c3oc3ccccc34)c3ccccc32)c1. The lowest BCUT2D eigenvalue weighted by atomic mass is 9.62. The van der Waals surface area contributed by atoms with E-state index in [1.165, 1.54) is 0 Å². The van der Waals surface area contributed by atoms with E-state index in [0.29, 0.717) is 57.2 Å². The van der Waals surface area contributed by atoms with Crippen LogP contribution in [-0.4, -0.2) is 29.9 Å². The van der Waals surface area contributed by atoms with Gasteiger partial charge >= 0.3 is 0 Å². The van der Waals surface area contributed by atoms with Gasteiger partial charge in [-0.1, -0.05) is 328 Å². The van der Waals surface area contributed by atoms with E-state index >= 15 is 0 Å². The highest BCUT2D eigenvalue weighted by Gasteiger charge is 2.50. The molecular weight excluding hydrogens is 1450 g/mol. The summed E-state index contributed by atoms with van der Waals surface area (Å²) in [7, 11) is 0. The van der Waals surface area contributed by atoms with Crippen molar-refractivity contribution in [3.05, 3.63) is 456 Å². The third-order valence-corrected chi connectivity index (χ3v) is 22.8. The standard InChI is InChI=1S/2C53H33N5O/c2*54-34-35-31-38(52-56-50(36-17-4-1-5-18-36)55-51(57-52)37-19-6-2-7-20-37)33-40(32-35)58-46-28-13-11-25-43(46)53(39-21-8-3-9-22-39,44-26-12-14-29-47(44)58)45-27-16-24-42-41-23-10-15-30-48(41)59-49(42)45/h2*1-33H. The Morgan fingerprint density at radius 3 is 0.797 bits per heavy atom. The highest BCUT2D eigenvalue weighted by atomic mass is 16.3. The van der Waals surface area contributed by atoms with E-state index < -0.39 is 10.8 Å². The Bertz CT molecular complexity index is 6720. The molecule has 16 aromatic carbocycles. The zero-order valence-corrected chi connectivity index (χ0v) is 63.4. The van der Waals surface area contributed by atoms with Crippen LogP contribution >= 0.6 is 0 Å². The lowest BCUT2D eigenvalue weighted by molar-refractivity contribution is 0.643. The van der Waals surface area contributed by atoms with Crippen LogP contribution in [0.4, 0.5) is 34.1 Å². The second-order valence-electron chi connectivity index (χ2n) is 29.4. The Kier molecular flexibility index (Phi) is 17.1. The van der Waals surface area contributed by atoms with E-state index in [2.05, 4.69) is 252 Å². The molecule has 0 fully saturated rings. The number of benzene rings is 16. The molecule has 0 spiro atoms. The molecule has 20 aromatic rings. The lowest BCUT2D eigenvalue weighted by Gasteiger charge is -2.46. The predicted octanol–water partition coefficient (Wildman–Crippen LogP) is 25.6. The minimum atomic E-state index is -0.780. The second-order valence-corrected chi connectivity index (χ2v) is 29.4. The Hall–Kier alpha value is -16.3. The van der Waals surface area contributed by atoms with Crippen LogP contribution in [0.15, 0.2) is 409 Å². The van der Waals surface area contributed by atoms with Crippen molar-refractivity contribution in [2.45, 2.75) is 10.8 Å². The summed E-state index contributed by atoms with van der Waals surface area (Å²) in [6.45, 7) is 0. The fraction of sp³-hybridized carbons (Fsp3) is 0.0189. The summed E-state index contributed by atoms with van der Waals surface area (Å²) in [5, 5.41) is 25.5. The number of hydrogen-bond donors (Lipinski definition) is 0. The summed E-state index contributed by atoms with van der Waals surface area (Å²) in [5.74, 6) is 3.17. The number of para-hydroxylation sites is 8. The Labute approximate surface area is 680 Å².